The zero-order chi connectivity index (χ0) is 20.1. The molecule has 28 heavy (non-hydrogen) atoms. The third-order valence-corrected chi connectivity index (χ3v) is 5.78. The first kappa shape index (κ1) is 20.1. The lowest BCUT2D eigenvalue weighted by Crippen LogP contribution is -2.35. The van der Waals surface area contributed by atoms with Crippen LogP contribution in [0.4, 0.5) is 0 Å². The van der Waals surface area contributed by atoms with Crippen LogP contribution in [0, 0.1) is 20.8 Å². The van der Waals surface area contributed by atoms with Gasteiger partial charge in [-0.25, -0.2) is 9.97 Å². The summed E-state index contributed by atoms with van der Waals surface area (Å²) in [7, 11) is 0. The van der Waals surface area contributed by atoms with Crippen molar-refractivity contribution in [3.63, 3.8) is 0 Å². The maximum atomic E-state index is 13.0. The molecule has 0 aliphatic carbocycles. The van der Waals surface area contributed by atoms with Gasteiger partial charge in [-0.3, -0.25) is 4.79 Å². The Morgan fingerprint density at radius 2 is 1.32 bits per heavy atom. The van der Waals surface area contributed by atoms with E-state index in [0.29, 0.717) is 5.16 Å². The second-order valence-electron chi connectivity index (χ2n) is 6.83. The molecule has 4 nitrogen and oxygen atoms in total. The van der Waals surface area contributed by atoms with Crippen LogP contribution in [0.3, 0.4) is 0 Å². The van der Waals surface area contributed by atoms with Crippen LogP contribution in [0.25, 0.3) is 0 Å². The van der Waals surface area contributed by atoms with Gasteiger partial charge >= 0.3 is 0 Å². The Balaban J connectivity index is 1.78. The number of nitrogens with one attached hydrogen (secondary N) is 1. The highest BCUT2D eigenvalue weighted by molar-refractivity contribution is 8.00. The molecular weight excluding hydrogens is 366 g/mol. The minimum atomic E-state index is -0.309. The maximum absolute atomic E-state index is 13.0. The summed E-state index contributed by atoms with van der Waals surface area (Å²) in [6.45, 7) is 7.85. The van der Waals surface area contributed by atoms with E-state index in [9.17, 15) is 4.79 Å². The molecule has 144 valence electrons. The third-order valence-electron chi connectivity index (χ3n) is 4.82. The molecule has 0 spiro atoms. The second kappa shape index (κ2) is 9.02. The van der Waals surface area contributed by atoms with Crippen molar-refractivity contribution in [1.29, 1.82) is 0 Å². The van der Waals surface area contributed by atoms with Crippen LogP contribution in [-0.2, 0) is 4.79 Å². The predicted octanol–water partition coefficient (Wildman–Crippen LogP) is 4.79. The zero-order valence-electron chi connectivity index (χ0n) is 16.6. The highest BCUT2D eigenvalue weighted by atomic mass is 32.2. The first-order valence-electron chi connectivity index (χ1n) is 9.34. The number of rotatable bonds is 6. The lowest BCUT2D eigenvalue weighted by atomic mass is 9.98. The van der Waals surface area contributed by atoms with Gasteiger partial charge in [0, 0.05) is 11.4 Å². The number of nitrogens with zero attached hydrogens (tertiary/aromatic N) is 2. The van der Waals surface area contributed by atoms with E-state index in [0.717, 1.165) is 28.1 Å². The van der Waals surface area contributed by atoms with Crippen molar-refractivity contribution in [3.8, 4) is 0 Å². The highest BCUT2D eigenvalue weighted by Gasteiger charge is 2.22. The van der Waals surface area contributed by atoms with Crippen LogP contribution >= 0.6 is 11.8 Å². The molecule has 1 aromatic heterocycles. The van der Waals surface area contributed by atoms with Gasteiger partial charge < -0.3 is 5.32 Å². The molecule has 1 heterocycles. The normalized spacial score (nSPS) is 12.0. The van der Waals surface area contributed by atoms with Gasteiger partial charge in [-0.1, -0.05) is 72.4 Å². The molecule has 0 radical (unpaired) electrons. The summed E-state index contributed by atoms with van der Waals surface area (Å²) >= 11 is 1.39. The van der Waals surface area contributed by atoms with Gasteiger partial charge in [0.2, 0.25) is 5.91 Å². The quantitative estimate of drug-likeness (QED) is 0.485. The van der Waals surface area contributed by atoms with Gasteiger partial charge in [0.05, 0.1) is 11.3 Å². The number of thioether (sulfide) groups is 1. The van der Waals surface area contributed by atoms with Gasteiger partial charge in [0.25, 0.3) is 0 Å². The van der Waals surface area contributed by atoms with Crippen molar-refractivity contribution in [2.45, 2.75) is 44.1 Å². The summed E-state index contributed by atoms with van der Waals surface area (Å²) in [5, 5.41) is 3.52. The van der Waals surface area contributed by atoms with Gasteiger partial charge in [-0.2, -0.15) is 0 Å². The maximum Gasteiger partial charge on any atom is 0.234 e. The van der Waals surface area contributed by atoms with E-state index in [-0.39, 0.29) is 17.2 Å². The summed E-state index contributed by atoms with van der Waals surface area (Å²) in [4.78, 5) is 22.0. The molecule has 2 aromatic carbocycles. The number of hydrogen-bond donors (Lipinski definition) is 1. The van der Waals surface area contributed by atoms with Crippen LogP contribution < -0.4 is 5.32 Å². The van der Waals surface area contributed by atoms with Crippen LogP contribution in [0.1, 0.15) is 41.0 Å². The Morgan fingerprint density at radius 1 is 0.857 bits per heavy atom. The van der Waals surface area contributed by atoms with Crippen LogP contribution in [0.15, 0.2) is 65.8 Å². The van der Waals surface area contributed by atoms with Crippen LogP contribution in [0.2, 0.25) is 0 Å². The number of carbonyl (C=O) groups is 1. The molecule has 1 N–H and O–H groups in total. The van der Waals surface area contributed by atoms with Crippen LogP contribution in [-0.4, -0.2) is 21.1 Å². The largest absolute Gasteiger partial charge is 0.344 e. The van der Waals surface area contributed by atoms with Crippen molar-refractivity contribution in [2.24, 2.45) is 0 Å². The fourth-order valence-electron chi connectivity index (χ4n) is 2.92. The Morgan fingerprint density at radius 3 is 1.79 bits per heavy atom. The molecule has 3 aromatic rings. The molecule has 1 amide bonds. The van der Waals surface area contributed by atoms with Gasteiger partial charge in [-0.05, 0) is 44.4 Å². The van der Waals surface area contributed by atoms with E-state index in [1.54, 1.807) is 0 Å². The number of amides is 1. The first-order valence-corrected chi connectivity index (χ1v) is 10.2. The number of carbonyl (C=O) groups excluding carboxylic acids is 1. The number of hydrogen-bond acceptors (Lipinski definition) is 4. The molecule has 0 saturated heterocycles. The molecule has 1 atom stereocenters. The van der Waals surface area contributed by atoms with E-state index in [2.05, 4.69) is 15.3 Å². The van der Waals surface area contributed by atoms with Crippen molar-refractivity contribution >= 4 is 17.7 Å². The molecule has 5 heteroatoms. The fourth-order valence-corrected chi connectivity index (χ4v) is 3.79. The molecule has 3 rings (SSSR count). The number of benzene rings is 2. The summed E-state index contributed by atoms with van der Waals surface area (Å²) in [6.07, 6.45) is 0. The molecule has 0 bridgehead atoms. The average Bonchev–Trinajstić information content (AvgIpc) is 2.71. The Hall–Kier alpha value is -2.66. The number of aryl methyl sites for hydroxylation is 2. The zero-order valence-corrected chi connectivity index (χ0v) is 17.5. The topological polar surface area (TPSA) is 54.9 Å². The average molecular weight is 392 g/mol. The standard InChI is InChI=1S/C23H25N3OS/c1-15-16(2)24-23(25-17(15)3)28-18(4)22(27)26-21(19-11-7-5-8-12-19)20-13-9-6-10-14-20/h5-14,18,21H,1-4H3,(H,26,27)/t18-/m1/s1. The van der Waals surface area contributed by atoms with Crippen LogP contribution in [0.5, 0.6) is 0 Å². The number of aromatic nitrogens is 2. The van der Waals surface area contributed by atoms with Crippen molar-refractivity contribution < 1.29 is 4.79 Å². The predicted molar refractivity (Wildman–Crippen MR) is 114 cm³/mol. The highest BCUT2D eigenvalue weighted by Crippen LogP contribution is 2.25. The van der Waals surface area contributed by atoms with Gasteiger partial charge in [0.1, 0.15) is 0 Å². The fraction of sp³-hybridized carbons (Fsp3) is 0.261. The van der Waals surface area contributed by atoms with Crippen molar-refractivity contribution in [2.75, 3.05) is 0 Å². The SMILES string of the molecule is Cc1nc(S[C@H](C)C(=O)NC(c2ccccc2)c2ccccc2)nc(C)c1C. The van der Waals surface area contributed by atoms with E-state index < -0.39 is 0 Å². The first-order chi connectivity index (χ1) is 13.5. The minimum absolute atomic E-state index is 0.0396. The van der Waals surface area contributed by atoms with E-state index in [1.807, 2.05) is 88.4 Å². The van der Waals surface area contributed by atoms with Crippen molar-refractivity contribution in [1.82, 2.24) is 15.3 Å². The Bertz CT molecular complexity index is 882. The molecular formula is C23H25N3OS. The van der Waals surface area contributed by atoms with Gasteiger partial charge in [0.15, 0.2) is 5.16 Å². The third kappa shape index (κ3) is 4.78. The lowest BCUT2D eigenvalue weighted by Gasteiger charge is -2.22. The Labute approximate surface area is 170 Å². The smallest absolute Gasteiger partial charge is 0.234 e. The molecule has 0 aliphatic rings. The summed E-state index contributed by atoms with van der Waals surface area (Å²) in [5.74, 6) is -0.0396. The molecule has 0 unspecified atom stereocenters. The van der Waals surface area contributed by atoms with E-state index in [1.165, 1.54) is 11.8 Å². The van der Waals surface area contributed by atoms with E-state index >= 15 is 0 Å². The van der Waals surface area contributed by atoms with Gasteiger partial charge in [-0.15, -0.1) is 0 Å². The lowest BCUT2D eigenvalue weighted by molar-refractivity contribution is -0.120. The monoisotopic (exact) mass is 391 g/mol. The van der Waals surface area contributed by atoms with E-state index in [4.69, 9.17) is 0 Å². The summed E-state index contributed by atoms with van der Waals surface area (Å²) in [6, 6.07) is 19.8. The summed E-state index contributed by atoms with van der Waals surface area (Å²) < 4.78 is 0. The second-order valence-corrected chi connectivity index (χ2v) is 8.13. The minimum Gasteiger partial charge on any atom is -0.344 e. The summed E-state index contributed by atoms with van der Waals surface area (Å²) in [5.41, 5.74) is 5.10. The Kier molecular flexibility index (Phi) is 6.47. The van der Waals surface area contributed by atoms with Crippen molar-refractivity contribution in [3.05, 3.63) is 88.7 Å². The molecule has 0 aliphatic heterocycles. The molecule has 0 fully saturated rings. The molecule has 0 saturated carbocycles.